The molecule has 2 aliphatic heterocycles. The third-order valence-corrected chi connectivity index (χ3v) is 4.71. The third kappa shape index (κ3) is 1.99. The molecule has 2 heterocycles. The first-order valence-electron chi connectivity index (χ1n) is 8.05. The van der Waals surface area contributed by atoms with Gasteiger partial charge >= 0.3 is 0 Å². The van der Waals surface area contributed by atoms with E-state index in [9.17, 15) is 4.79 Å². The Morgan fingerprint density at radius 1 is 1.04 bits per heavy atom. The van der Waals surface area contributed by atoms with Crippen LogP contribution < -0.4 is 10.3 Å². The summed E-state index contributed by atoms with van der Waals surface area (Å²) in [5.41, 5.74) is 4.92. The van der Waals surface area contributed by atoms with Gasteiger partial charge in [-0.2, -0.15) is 10.1 Å². The molecule has 0 bridgehead atoms. The van der Waals surface area contributed by atoms with Crippen LogP contribution in [0.5, 0.6) is 0 Å². The van der Waals surface area contributed by atoms with Gasteiger partial charge in [0, 0.05) is 11.3 Å². The topological polar surface area (TPSA) is 44.7 Å². The lowest BCUT2D eigenvalue weighted by atomic mass is 9.85. The molecule has 1 spiro atoms. The van der Waals surface area contributed by atoms with Crippen molar-refractivity contribution < 1.29 is 4.79 Å². The highest BCUT2D eigenvalue weighted by atomic mass is 16.2. The van der Waals surface area contributed by atoms with Crippen molar-refractivity contribution in [1.82, 2.24) is 0 Å². The van der Waals surface area contributed by atoms with E-state index in [-0.39, 0.29) is 5.91 Å². The zero-order valence-corrected chi connectivity index (χ0v) is 14.0. The smallest absolute Gasteiger partial charge is 0.283 e. The number of hydrogen-bond donors (Lipinski definition) is 1. The van der Waals surface area contributed by atoms with Crippen molar-refractivity contribution in [2.24, 2.45) is 5.10 Å². The Balaban J connectivity index is 1.80. The Morgan fingerprint density at radius 3 is 2.62 bits per heavy atom. The van der Waals surface area contributed by atoms with Crippen LogP contribution in [0.2, 0.25) is 0 Å². The van der Waals surface area contributed by atoms with E-state index in [1.54, 1.807) is 0 Å². The maximum Gasteiger partial charge on any atom is 0.283 e. The third-order valence-electron chi connectivity index (χ3n) is 4.71. The van der Waals surface area contributed by atoms with E-state index in [1.165, 1.54) is 5.01 Å². The van der Waals surface area contributed by atoms with Gasteiger partial charge in [0.05, 0.1) is 11.4 Å². The maximum atomic E-state index is 13.3. The molecule has 1 unspecified atom stereocenters. The lowest BCUT2D eigenvalue weighted by Crippen LogP contribution is -2.52. The predicted octanol–water partition coefficient (Wildman–Crippen LogP) is 3.99. The van der Waals surface area contributed by atoms with Crippen molar-refractivity contribution in [3.8, 4) is 0 Å². The summed E-state index contributed by atoms with van der Waals surface area (Å²) in [7, 11) is 0. The molecule has 0 saturated heterocycles. The zero-order chi connectivity index (χ0) is 16.9. The highest BCUT2D eigenvalue weighted by Gasteiger charge is 2.50. The number of fused-ring (bicyclic) bond motifs is 1. The van der Waals surface area contributed by atoms with Crippen molar-refractivity contribution in [2.75, 3.05) is 10.3 Å². The summed E-state index contributed by atoms with van der Waals surface area (Å²) in [5, 5.41) is 9.48. The fraction of sp³-hybridized carbons (Fsp3) is 0.200. The molecule has 1 atom stereocenters. The minimum Gasteiger partial charge on any atom is -0.363 e. The van der Waals surface area contributed by atoms with E-state index < -0.39 is 5.54 Å². The number of hydrogen-bond acceptors (Lipinski definition) is 3. The molecule has 120 valence electrons. The maximum absolute atomic E-state index is 13.3. The standard InChI is InChI=1S/C20H19N3O/c1-13-7-6-8-16(11-13)23-19(24)20(15(3)22-23)12-14(2)17-9-4-5-10-18(17)21-20/h4-12,21H,1-3H3. The summed E-state index contributed by atoms with van der Waals surface area (Å²) in [5.74, 6) is -0.0700. The molecule has 4 nitrogen and oxygen atoms in total. The first-order chi connectivity index (χ1) is 11.5. The first kappa shape index (κ1) is 14.7. The van der Waals surface area contributed by atoms with E-state index >= 15 is 0 Å². The minimum absolute atomic E-state index is 0.0700. The molecule has 0 radical (unpaired) electrons. The van der Waals surface area contributed by atoms with Crippen LogP contribution >= 0.6 is 0 Å². The van der Waals surface area contributed by atoms with E-state index in [0.717, 1.165) is 33.8 Å². The van der Waals surface area contributed by atoms with Crippen molar-refractivity contribution in [1.29, 1.82) is 0 Å². The van der Waals surface area contributed by atoms with Gasteiger partial charge in [0.15, 0.2) is 5.54 Å². The summed E-state index contributed by atoms with van der Waals surface area (Å²) >= 11 is 0. The van der Waals surface area contributed by atoms with Gasteiger partial charge in [-0.1, -0.05) is 30.3 Å². The quantitative estimate of drug-likeness (QED) is 0.864. The van der Waals surface area contributed by atoms with Crippen molar-refractivity contribution in [3.05, 3.63) is 65.7 Å². The summed E-state index contributed by atoms with van der Waals surface area (Å²) in [6.07, 6.45) is 1.99. The largest absolute Gasteiger partial charge is 0.363 e. The summed E-state index contributed by atoms with van der Waals surface area (Å²) in [6.45, 7) is 5.95. The van der Waals surface area contributed by atoms with Gasteiger partial charge in [0.25, 0.3) is 5.91 Å². The van der Waals surface area contributed by atoms with Crippen LogP contribution in [0.4, 0.5) is 11.4 Å². The molecule has 4 heteroatoms. The molecule has 0 saturated carbocycles. The van der Waals surface area contributed by atoms with Gasteiger partial charge < -0.3 is 5.32 Å². The molecule has 2 aliphatic rings. The molecular weight excluding hydrogens is 298 g/mol. The van der Waals surface area contributed by atoms with E-state index in [0.29, 0.717) is 0 Å². The second-order valence-electron chi connectivity index (χ2n) is 6.45. The predicted molar refractivity (Wildman–Crippen MR) is 98.2 cm³/mol. The number of anilines is 2. The molecule has 2 aromatic rings. The van der Waals surface area contributed by atoms with Crippen LogP contribution in [-0.2, 0) is 4.79 Å². The minimum atomic E-state index is -0.901. The lowest BCUT2D eigenvalue weighted by Gasteiger charge is -2.33. The molecule has 4 rings (SSSR count). The van der Waals surface area contributed by atoms with E-state index in [1.807, 2.05) is 69.3 Å². The highest BCUT2D eigenvalue weighted by molar-refractivity contribution is 6.27. The van der Waals surface area contributed by atoms with E-state index in [4.69, 9.17) is 0 Å². The number of carbonyl (C=O) groups is 1. The van der Waals surface area contributed by atoms with Gasteiger partial charge in [-0.05, 0) is 56.2 Å². The zero-order valence-electron chi connectivity index (χ0n) is 14.0. The fourth-order valence-corrected chi connectivity index (χ4v) is 3.43. The van der Waals surface area contributed by atoms with Crippen LogP contribution in [0.25, 0.3) is 5.57 Å². The van der Waals surface area contributed by atoms with Crippen molar-refractivity contribution in [2.45, 2.75) is 26.3 Å². The van der Waals surface area contributed by atoms with Gasteiger partial charge in [-0.15, -0.1) is 0 Å². The van der Waals surface area contributed by atoms with Crippen molar-refractivity contribution >= 4 is 28.6 Å². The molecule has 0 fully saturated rings. The number of rotatable bonds is 1. The summed E-state index contributed by atoms with van der Waals surface area (Å²) < 4.78 is 0. The Kier molecular flexibility index (Phi) is 3.10. The summed E-state index contributed by atoms with van der Waals surface area (Å²) in [4.78, 5) is 13.3. The monoisotopic (exact) mass is 317 g/mol. The molecular formula is C20H19N3O. The van der Waals surface area contributed by atoms with Crippen LogP contribution in [0.1, 0.15) is 25.0 Å². The molecule has 0 aliphatic carbocycles. The molecule has 1 N–H and O–H groups in total. The van der Waals surface area contributed by atoms with Gasteiger partial charge in [-0.3, -0.25) is 4.79 Å². The normalized spacial score (nSPS) is 22.1. The number of nitrogens with one attached hydrogen (secondary N) is 1. The number of amides is 1. The molecule has 2 aromatic carbocycles. The lowest BCUT2D eigenvalue weighted by molar-refractivity contribution is -0.119. The van der Waals surface area contributed by atoms with Crippen LogP contribution in [0.3, 0.4) is 0 Å². The number of nitrogens with zero attached hydrogens (tertiary/aromatic N) is 2. The Morgan fingerprint density at radius 2 is 1.83 bits per heavy atom. The highest BCUT2D eigenvalue weighted by Crippen LogP contribution is 2.38. The van der Waals surface area contributed by atoms with Gasteiger partial charge in [-0.25, -0.2) is 0 Å². The average molecular weight is 317 g/mol. The van der Waals surface area contributed by atoms with E-state index in [2.05, 4.69) is 16.5 Å². The number of benzene rings is 2. The Bertz CT molecular complexity index is 913. The van der Waals surface area contributed by atoms with Crippen LogP contribution in [0.15, 0.2) is 59.7 Å². The number of hydrazone groups is 1. The van der Waals surface area contributed by atoms with Gasteiger partial charge in [0.1, 0.15) is 0 Å². The SMILES string of the molecule is CC1=CC2(Nc3ccccc31)C(=O)N(c1cccc(C)c1)N=C2C. The molecule has 0 aromatic heterocycles. The summed E-state index contributed by atoms with van der Waals surface area (Å²) in [6, 6.07) is 15.9. The molecule has 24 heavy (non-hydrogen) atoms. The average Bonchev–Trinajstić information content (AvgIpc) is 2.80. The Hall–Kier alpha value is -2.88. The number of allylic oxidation sites excluding steroid dienone is 1. The Labute approximate surface area is 141 Å². The number of carbonyl (C=O) groups excluding carboxylic acids is 1. The second kappa shape index (κ2) is 5.06. The van der Waals surface area contributed by atoms with Crippen molar-refractivity contribution in [3.63, 3.8) is 0 Å². The first-order valence-corrected chi connectivity index (χ1v) is 8.05. The number of aryl methyl sites for hydroxylation is 1. The second-order valence-corrected chi connectivity index (χ2v) is 6.45. The van der Waals surface area contributed by atoms with Gasteiger partial charge in [0.2, 0.25) is 0 Å². The van der Waals surface area contributed by atoms with Crippen LogP contribution in [-0.4, -0.2) is 17.2 Å². The van der Waals surface area contributed by atoms with Crippen LogP contribution in [0, 0.1) is 6.92 Å². The number of para-hydroxylation sites is 1. The molecule has 1 amide bonds. The fourth-order valence-electron chi connectivity index (χ4n) is 3.43.